The Hall–Kier alpha value is -2.43. The Morgan fingerprint density at radius 2 is 1.89 bits per heavy atom. The molecule has 0 aliphatic heterocycles. The van der Waals surface area contributed by atoms with Crippen molar-refractivity contribution >= 4 is 16.9 Å². The Balaban J connectivity index is 2.26. The van der Waals surface area contributed by atoms with Crippen molar-refractivity contribution in [1.82, 2.24) is 20.2 Å². The highest BCUT2D eigenvalue weighted by molar-refractivity contribution is 5.77. The Bertz CT molecular complexity index is 701. The van der Waals surface area contributed by atoms with Gasteiger partial charge in [-0.25, -0.2) is 9.97 Å². The number of hydrogen-bond acceptors (Lipinski definition) is 4. The lowest BCUT2D eigenvalue weighted by molar-refractivity contribution is 1.02. The first-order valence-corrected chi connectivity index (χ1v) is 5.85. The first-order valence-electron chi connectivity index (χ1n) is 5.85. The smallest absolute Gasteiger partial charge is 0.145 e. The highest BCUT2D eigenvalue weighted by Gasteiger charge is 2.11. The van der Waals surface area contributed by atoms with Gasteiger partial charge in [-0.2, -0.15) is 5.10 Å². The van der Waals surface area contributed by atoms with Crippen molar-refractivity contribution in [2.24, 2.45) is 0 Å². The lowest BCUT2D eigenvalue weighted by Gasteiger charge is -2.06. The van der Waals surface area contributed by atoms with E-state index >= 15 is 0 Å². The molecule has 2 heterocycles. The topological polar surface area (TPSA) is 80.5 Å². The quantitative estimate of drug-likeness (QED) is 0.718. The molecule has 3 rings (SSSR count). The maximum atomic E-state index is 5.63. The summed E-state index contributed by atoms with van der Waals surface area (Å²) in [5, 5.41) is 6.82. The minimum atomic E-state index is 0.460. The summed E-state index contributed by atoms with van der Waals surface area (Å²) >= 11 is 0. The first kappa shape index (κ1) is 10.7. The molecule has 0 aliphatic carbocycles. The Labute approximate surface area is 104 Å². The molecule has 0 fully saturated rings. The summed E-state index contributed by atoms with van der Waals surface area (Å²) in [6.45, 7) is 2.06. The number of para-hydroxylation sites is 2. The monoisotopic (exact) mass is 239 g/mol. The van der Waals surface area contributed by atoms with Crippen LogP contribution in [0.15, 0.2) is 30.3 Å². The van der Waals surface area contributed by atoms with Crippen LogP contribution in [0.2, 0.25) is 0 Å². The van der Waals surface area contributed by atoms with Gasteiger partial charge in [-0.05, 0) is 18.6 Å². The molecule has 2 aromatic heterocycles. The number of nitrogens with two attached hydrogens (primary N) is 1. The average Bonchev–Trinajstić information content (AvgIpc) is 2.83. The van der Waals surface area contributed by atoms with E-state index in [1.165, 1.54) is 0 Å². The van der Waals surface area contributed by atoms with E-state index in [-0.39, 0.29) is 0 Å². The summed E-state index contributed by atoms with van der Waals surface area (Å²) in [4.78, 5) is 9.27. The Morgan fingerprint density at radius 3 is 2.50 bits per heavy atom. The van der Waals surface area contributed by atoms with Crippen molar-refractivity contribution in [3.8, 4) is 11.4 Å². The number of fused-ring (bicyclic) bond motifs is 1. The second-order valence-electron chi connectivity index (χ2n) is 4.07. The zero-order valence-corrected chi connectivity index (χ0v) is 10.0. The van der Waals surface area contributed by atoms with Gasteiger partial charge in [0.2, 0.25) is 0 Å². The van der Waals surface area contributed by atoms with Gasteiger partial charge in [0.15, 0.2) is 0 Å². The fourth-order valence-electron chi connectivity index (χ4n) is 1.96. The third kappa shape index (κ3) is 1.69. The molecule has 18 heavy (non-hydrogen) atoms. The largest absolute Gasteiger partial charge is 0.382 e. The molecule has 0 spiro atoms. The summed E-state index contributed by atoms with van der Waals surface area (Å²) in [6.07, 6.45) is 0.812. The van der Waals surface area contributed by atoms with Gasteiger partial charge >= 0.3 is 0 Å². The van der Waals surface area contributed by atoms with Crippen molar-refractivity contribution in [1.29, 1.82) is 0 Å². The minimum absolute atomic E-state index is 0.460. The van der Waals surface area contributed by atoms with Gasteiger partial charge in [0.05, 0.1) is 22.4 Å². The van der Waals surface area contributed by atoms with Gasteiger partial charge in [0.1, 0.15) is 11.5 Å². The number of benzene rings is 1. The molecule has 0 atom stereocenters. The van der Waals surface area contributed by atoms with Crippen LogP contribution in [0, 0.1) is 0 Å². The van der Waals surface area contributed by atoms with E-state index < -0.39 is 0 Å². The Morgan fingerprint density at radius 1 is 1.17 bits per heavy atom. The van der Waals surface area contributed by atoms with Gasteiger partial charge in [0.25, 0.3) is 0 Å². The number of H-pyrrole nitrogens is 1. The second-order valence-corrected chi connectivity index (χ2v) is 4.07. The summed E-state index contributed by atoms with van der Waals surface area (Å²) in [6, 6.07) is 9.60. The van der Waals surface area contributed by atoms with Crippen LogP contribution in [-0.2, 0) is 6.42 Å². The molecular formula is C13H13N5. The molecule has 0 radical (unpaired) electrons. The molecule has 0 unspecified atom stereocenters. The number of aryl methyl sites for hydroxylation is 1. The van der Waals surface area contributed by atoms with Crippen LogP contribution < -0.4 is 5.73 Å². The molecule has 0 saturated carbocycles. The first-order chi connectivity index (χ1) is 8.78. The number of nitrogens with one attached hydrogen (secondary N) is 1. The third-order valence-electron chi connectivity index (χ3n) is 2.83. The fraction of sp³-hybridized carbons (Fsp3) is 0.154. The van der Waals surface area contributed by atoms with Gasteiger partial charge in [0, 0.05) is 6.07 Å². The van der Waals surface area contributed by atoms with Crippen molar-refractivity contribution < 1.29 is 0 Å². The summed E-state index contributed by atoms with van der Waals surface area (Å²) in [5.41, 5.74) is 9.98. The van der Waals surface area contributed by atoms with E-state index in [1.54, 1.807) is 6.07 Å². The van der Waals surface area contributed by atoms with Gasteiger partial charge in [-0.3, -0.25) is 5.10 Å². The van der Waals surface area contributed by atoms with Crippen LogP contribution in [0.25, 0.3) is 22.4 Å². The molecule has 5 nitrogen and oxygen atoms in total. The highest BCUT2D eigenvalue weighted by Crippen LogP contribution is 2.23. The lowest BCUT2D eigenvalue weighted by atomic mass is 10.1. The number of nitrogens with zero attached hydrogens (tertiary/aromatic N) is 3. The normalized spacial score (nSPS) is 10.9. The predicted octanol–water partition coefficient (Wildman–Crippen LogP) is 2.16. The zero-order chi connectivity index (χ0) is 12.5. The van der Waals surface area contributed by atoms with Crippen LogP contribution in [-0.4, -0.2) is 20.2 Å². The number of hydrogen-bond donors (Lipinski definition) is 2. The van der Waals surface area contributed by atoms with Crippen molar-refractivity contribution in [2.45, 2.75) is 13.3 Å². The van der Waals surface area contributed by atoms with E-state index in [2.05, 4.69) is 27.1 Å². The molecule has 0 saturated heterocycles. The van der Waals surface area contributed by atoms with Crippen LogP contribution in [0.5, 0.6) is 0 Å². The molecule has 3 N–H and O–H groups in total. The summed E-state index contributed by atoms with van der Waals surface area (Å²) in [7, 11) is 0. The number of anilines is 1. The Kier molecular flexibility index (Phi) is 2.44. The average molecular weight is 239 g/mol. The highest BCUT2D eigenvalue weighted by atomic mass is 15.2. The van der Waals surface area contributed by atoms with E-state index in [4.69, 9.17) is 5.73 Å². The van der Waals surface area contributed by atoms with E-state index in [9.17, 15) is 0 Å². The molecule has 1 aromatic carbocycles. The molecule has 5 heteroatoms. The van der Waals surface area contributed by atoms with Gasteiger partial charge in [-0.1, -0.05) is 19.1 Å². The standard InChI is InChI=1S/C13H13N5/c1-2-8-13(11-7-12(14)18-17-11)16-10-6-4-3-5-9(10)15-8/h3-7H,2H2,1H3,(H3,14,17,18). The molecule has 0 amide bonds. The molecular weight excluding hydrogens is 226 g/mol. The SMILES string of the molecule is CCc1nc2ccccc2nc1-c1cc(N)n[nH]1. The number of aromatic amines is 1. The predicted molar refractivity (Wildman–Crippen MR) is 70.9 cm³/mol. The maximum absolute atomic E-state index is 5.63. The van der Waals surface area contributed by atoms with Gasteiger partial charge in [-0.15, -0.1) is 0 Å². The lowest BCUT2D eigenvalue weighted by Crippen LogP contribution is -1.97. The summed E-state index contributed by atoms with van der Waals surface area (Å²) in [5.74, 6) is 0.460. The van der Waals surface area contributed by atoms with E-state index in [0.29, 0.717) is 5.82 Å². The van der Waals surface area contributed by atoms with Crippen LogP contribution in [0.1, 0.15) is 12.6 Å². The number of nitrogen functional groups attached to an aromatic ring is 1. The summed E-state index contributed by atoms with van der Waals surface area (Å²) < 4.78 is 0. The molecule has 0 aliphatic rings. The van der Waals surface area contributed by atoms with Crippen LogP contribution in [0.3, 0.4) is 0 Å². The molecule has 90 valence electrons. The van der Waals surface area contributed by atoms with E-state index in [0.717, 1.165) is 34.5 Å². The molecule has 0 bridgehead atoms. The maximum Gasteiger partial charge on any atom is 0.145 e. The molecule has 3 aromatic rings. The second kappa shape index (κ2) is 4.10. The number of aromatic nitrogens is 4. The fourth-order valence-corrected chi connectivity index (χ4v) is 1.96. The minimum Gasteiger partial charge on any atom is -0.382 e. The van der Waals surface area contributed by atoms with Crippen molar-refractivity contribution in [3.63, 3.8) is 0 Å². The van der Waals surface area contributed by atoms with Crippen molar-refractivity contribution in [2.75, 3.05) is 5.73 Å². The van der Waals surface area contributed by atoms with E-state index in [1.807, 2.05) is 24.3 Å². The van der Waals surface area contributed by atoms with Gasteiger partial charge < -0.3 is 5.73 Å². The van der Waals surface area contributed by atoms with Crippen LogP contribution >= 0.6 is 0 Å². The third-order valence-corrected chi connectivity index (χ3v) is 2.83. The zero-order valence-electron chi connectivity index (χ0n) is 10.0. The number of rotatable bonds is 2. The van der Waals surface area contributed by atoms with Crippen LogP contribution in [0.4, 0.5) is 5.82 Å². The van der Waals surface area contributed by atoms with Crippen molar-refractivity contribution in [3.05, 3.63) is 36.0 Å².